The molecule has 0 spiro atoms. The van der Waals surface area contributed by atoms with Crippen LogP contribution in [0, 0.1) is 18.6 Å². The van der Waals surface area contributed by atoms with Gasteiger partial charge in [0.05, 0.1) is 31.0 Å². The van der Waals surface area contributed by atoms with Crippen LogP contribution in [0.25, 0.3) is 22.5 Å². The molecule has 0 fully saturated rings. The van der Waals surface area contributed by atoms with Crippen LogP contribution < -0.4 is 20.9 Å². The van der Waals surface area contributed by atoms with Gasteiger partial charge in [-0.3, -0.25) is 15.2 Å². The normalized spacial score (nSPS) is 10.6. The number of aromatic nitrogens is 4. The SMILES string of the molecule is COc1cc(C(=O)NNC(=O)NCc2ncc(-c3cccc(F)c3-c3noc(C)n3)cc2F)on1. The van der Waals surface area contributed by atoms with Crippen molar-refractivity contribution < 1.29 is 32.2 Å². The van der Waals surface area contributed by atoms with Crippen molar-refractivity contribution in [3.8, 4) is 28.4 Å². The fourth-order valence-corrected chi connectivity index (χ4v) is 2.98. The Labute approximate surface area is 195 Å². The number of methoxy groups -OCH3 is 1. The van der Waals surface area contributed by atoms with Gasteiger partial charge in [0.15, 0.2) is 0 Å². The van der Waals surface area contributed by atoms with Crippen molar-refractivity contribution in [3.05, 3.63) is 65.5 Å². The highest BCUT2D eigenvalue weighted by Gasteiger charge is 2.19. The van der Waals surface area contributed by atoms with Crippen molar-refractivity contribution in [3.63, 3.8) is 0 Å². The lowest BCUT2D eigenvalue weighted by Crippen LogP contribution is -2.46. The number of amides is 3. The van der Waals surface area contributed by atoms with E-state index in [0.717, 1.165) is 6.07 Å². The molecule has 3 heterocycles. The molecule has 0 bridgehead atoms. The van der Waals surface area contributed by atoms with Crippen LogP contribution in [0.3, 0.4) is 0 Å². The van der Waals surface area contributed by atoms with E-state index in [1.165, 1.54) is 31.5 Å². The monoisotopic (exact) mass is 485 g/mol. The van der Waals surface area contributed by atoms with Gasteiger partial charge in [0.2, 0.25) is 17.5 Å². The minimum Gasteiger partial charge on any atom is -0.479 e. The average Bonchev–Trinajstić information content (AvgIpc) is 3.50. The second-order valence-electron chi connectivity index (χ2n) is 6.95. The van der Waals surface area contributed by atoms with Crippen molar-refractivity contribution in [1.29, 1.82) is 0 Å². The molecule has 3 aromatic heterocycles. The number of nitrogens with one attached hydrogen (secondary N) is 3. The molecule has 0 saturated carbocycles. The van der Waals surface area contributed by atoms with Gasteiger partial charge in [-0.1, -0.05) is 17.3 Å². The number of hydrogen-bond donors (Lipinski definition) is 3. The molecule has 35 heavy (non-hydrogen) atoms. The van der Waals surface area contributed by atoms with Crippen LogP contribution in [-0.2, 0) is 6.54 Å². The number of hydrazine groups is 1. The standard InChI is InChI=1S/C21H17F2N7O5/c1-10-26-19(30-34-10)18-12(4-3-5-13(18)22)11-6-14(23)15(24-8-11)9-25-21(32)28-27-20(31)16-7-17(33-2)29-35-16/h3-8H,9H2,1-2H3,(H,27,31)(H2,25,28,32). The van der Waals surface area contributed by atoms with Crippen LogP contribution in [0.1, 0.15) is 22.1 Å². The summed E-state index contributed by atoms with van der Waals surface area (Å²) >= 11 is 0. The number of halogens is 2. The molecular weight excluding hydrogens is 468 g/mol. The Morgan fingerprint density at radius 3 is 2.60 bits per heavy atom. The van der Waals surface area contributed by atoms with Crippen LogP contribution in [0.5, 0.6) is 5.88 Å². The first kappa shape index (κ1) is 23.3. The molecule has 0 saturated heterocycles. The number of rotatable bonds is 6. The molecule has 1 aromatic carbocycles. The Bertz CT molecular complexity index is 1390. The van der Waals surface area contributed by atoms with Crippen LogP contribution in [-0.4, -0.2) is 39.3 Å². The fraction of sp³-hybridized carbons (Fsp3) is 0.143. The predicted molar refractivity (Wildman–Crippen MR) is 114 cm³/mol. The van der Waals surface area contributed by atoms with E-state index in [9.17, 15) is 18.4 Å². The smallest absolute Gasteiger partial charge is 0.333 e. The van der Waals surface area contributed by atoms with Crippen LogP contribution in [0.15, 0.2) is 45.6 Å². The van der Waals surface area contributed by atoms with E-state index < -0.39 is 23.6 Å². The van der Waals surface area contributed by atoms with Gasteiger partial charge >= 0.3 is 11.9 Å². The van der Waals surface area contributed by atoms with Crippen molar-refractivity contribution >= 4 is 11.9 Å². The molecule has 0 unspecified atom stereocenters. The summed E-state index contributed by atoms with van der Waals surface area (Å²) in [6.07, 6.45) is 1.32. The zero-order valence-corrected chi connectivity index (χ0v) is 18.3. The van der Waals surface area contributed by atoms with Gasteiger partial charge in [-0.25, -0.2) is 19.0 Å². The topological polar surface area (TPSA) is 157 Å². The average molecular weight is 485 g/mol. The quantitative estimate of drug-likeness (QED) is 0.349. The zero-order chi connectivity index (χ0) is 24.9. The first-order valence-electron chi connectivity index (χ1n) is 9.94. The summed E-state index contributed by atoms with van der Waals surface area (Å²) in [6.45, 7) is 1.26. The molecule has 3 N–H and O–H groups in total. The molecule has 0 aliphatic carbocycles. The van der Waals surface area contributed by atoms with Crippen molar-refractivity contribution in [2.45, 2.75) is 13.5 Å². The predicted octanol–water partition coefficient (Wildman–Crippen LogP) is 2.53. The maximum Gasteiger partial charge on any atom is 0.333 e. The summed E-state index contributed by atoms with van der Waals surface area (Å²) < 4.78 is 43.7. The number of aryl methyl sites for hydroxylation is 1. The first-order valence-corrected chi connectivity index (χ1v) is 9.94. The number of hydrogen-bond acceptors (Lipinski definition) is 9. The number of urea groups is 1. The molecule has 14 heteroatoms. The first-order chi connectivity index (χ1) is 16.9. The van der Waals surface area contributed by atoms with Gasteiger partial charge in [-0.05, 0) is 22.9 Å². The Morgan fingerprint density at radius 1 is 1.09 bits per heavy atom. The van der Waals surface area contributed by atoms with Crippen LogP contribution >= 0.6 is 0 Å². The number of pyridine rings is 1. The van der Waals surface area contributed by atoms with Gasteiger partial charge in [0, 0.05) is 18.7 Å². The highest BCUT2D eigenvalue weighted by atomic mass is 19.1. The zero-order valence-electron chi connectivity index (χ0n) is 18.3. The second-order valence-corrected chi connectivity index (χ2v) is 6.95. The molecule has 3 amide bonds. The Balaban J connectivity index is 1.41. The van der Waals surface area contributed by atoms with Crippen molar-refractivity contribution in [2.75, 3.05) is 7.11 Å². The Kier molecular flexibility index (Phi) is 6.62. The van der Waals surface area contributed by atoms with E-state index in [-0.39, 0.29) is 46.7 Å². The molecule has 0 aliphatic rings. The van der Waals surface area contributed by atoms with Crippen molar-refractivity contribution in [2.24, 2.45) is 0 Å². The summed E-state index contributed by atoms with van der Waals surface area (Å²) in [5.74, 6) is -2.00. The third kappa shape index (κ3) is 5.21. The molecular formula is C21H17F2N7O5. The highest BCUT2D eigenvalue weighted by Crippen LogP contribution is 2.33. The third-order valence-electron chi connectivity index (χ3n) is 4.62. The van der Waals surface area contributed by atoms with Gasteiger partial charge in [-0.2, -0.15) is 4.98 Å². The molecule has 0 aliphatic heterocycles. The van der Waals surface area contributed by atoms with E-state index in [2.05, 4.69) is 36.4 Å². The van der Waals surface area contributed by atoms with Gasteiger partial charge in [0.25, 0.3) is 5.88 Å². The summed E-state index contributed by atoms with van der Waals surface area (Å²) in [5.41, 5.74) is 4.68. The maximum atomic E-state index is 14.7. The lowest BCUT2D eigenvalue weighted by atomic mass is 9.99. The van der Waals surface area contributed by atoms with E-state index >= 15 is 0 Å². The van der Waals surface area contributed by atoms with Gasteiger partial charge in [0.1, 0.15) is 11.6 Å². The number of carbonyl (C=O) groups is 2. The van der Waals surface area contributed by atoms with Gasteiger partial charge < -0.3 is 19.1 Å². The van der Waals surface area contributed by atoms with E-state index in [1.54, 1.807) is 13.0 Å². The fourth-order valence-electron chi connectivity index (χ4n) is 2.98. The van der Waals surface area contributed by atoms with Crippen LogP contribution in [0.4, 0.5) is 13.6 Å². The molecule has 4 aromatic rings. The lowest BCUT2D eigenvalue weighted by molar-refractivity contribution is 0.0898. The van der Waals surface area contributed by atoms with E-state index in [0.29, 0.717) is 5.56 Å². The summed E-state index contributed by atoms with van der Waals surface area (Å²) in [7, 11) is 1.34. The molecule has 0 atom stereocenters. The molecule has 12 nitrogen and oxygen atoms in total. The number of carbonyl (C=O) groups excluding carboxylic acids is 2. The maximum absolute atomic E-state index is 14.7. The minimum absolute atomic E-state index is 0.0178. The molecule has 4 rings (SSSR count). The van der Waals surface area contributed by atoms with Crippen LogP contribution in [0.2, 0.25) is 0 Å². The van der Waals surface area contributed by atoms with Crippen molar-refractivity contribution in [1.82, 2.24) is 36.4 Å². The molecule has 0 radical (unpaired) electrons. The minimum atomic E-state index is -0.838. The lowest BCUT2D eigenvalue weighted by Gasteiger charge is -2.11. The highest BCUT2D eigenvalue weighted by molar-refractivity contribution is 5.92. The Morgan fingerprint density at radius 2 is 1.91 bits per heavy atom. The largest absolute Gasteiger partial charge is 0.479 e. The number of benzene rings is 1. The number of nitrogens with zero attached hydrogens (tertiary/aromatic N) is 4. The van der Waals surface area contributed by atoms with Gasteiger partial charge in [-0.15, -0.1) is 0 Å². The summed E-state index contributed by atoms with van der Waals surface area (Å²) in [4.78, 5) is 31.9. The molecule has 180 valence electrons. The Hall–Kier alpha value is -4.88. The summed E-state index contributed by atoms with van der Waals surface area (Å²) in [5, 5.41) is 9.53. The summed E-state index contributed by atoms with van der Waals surface area (Å²) in [6, 6.07) is 5.78. The second kappa shape index (κ2) is 9.94. The third-order valence-corrected chi connectivity index (χ3v) is 4.62. The van der Waals surface area contributed by atoms with E-state index in [4.69, 9.17) is 13.8 Å². The van der Waals surface area contributed by atoms with E-state index in [1.807, 2.05) is 0 Å². The number of ether oxygens (including phenoxy) is 1.